The Morgan fingerprint density at radius 2 is 1.84 bits per heavy atom. The van der Waals surface area contributed by atoms with Crippen LogP contribution in [0.5, 0.6) is 0 Å². The highest BCUT2D eigenvalue weighted by atomic mass is 19.4. The number of nitrogens with one attached hydrogen (secondary N) is 2. The van der Waals surface area contributed by atoms with E-state index in [9.17, 15) is 13.2 Å². The summed E-state index contributed by atoms with van der Waals surface area (Å²) in [5.41, 5.74) is 3.02. The van der Waals surface area contributed by atoms with Crippen LogP contribution >= 0.6 is 0 Å². The summed E-state index contributed by atoms with van der Waals surface area (Å²) in [4.78, 5) is 23.2. The van der Waals surface area contributed by atoms with Gasteiger partial charge >= 0.3 is 6.18 Å². The fraction of sp³-hybridized carbons (Fsp3) is 0.474. The van der Waals surface area contributed by atoms with Crippen molar-refractivity contribution in [3.63, 3.8) is 0 Å². The first-order valence-corrected chi connectivity index (χ1v) is 10.3. The number of piperidine rings is 1. The third-order valence-electron chi connectivity index (χ3n) is 5.68. The van der Waals surface area contributed by atoms with Gasteiger partial charge in [0, 0.05) is 31.4 Å². The molecule has 4 aromatic heterocycles. The lowest BCUT2D eigenvalue weighted by atomic mass is 9.93. The molecule has 0 spiro atoms. The van der Waals surface area contributed by atoms with Gasteiger partial charge in [-0.1, -0.05) is 0 Å². The molecule has 0 aliphatic carbocycles. The van der Waals surface area contributed by atoms with E-state index in [1.54, 1.807) is 12.4 Å². The molecular weight excluding hydrogens is 425 g/mol. The zero-order chi connectivity index (χ0) is 22.1. The summed E-state index contributed by atoms with van der Waals surface area (Å²) in [6.45, 7) is 2.09. The molecule has 0 amide bonds. The Hall–Kier alpha value is -3.35. The first kappa shape index (κ1) is 20.5. The number of aromatic amines is 1. The molecule has 0 atom stereocenters. The summed E-state index contributed by atoms with van der Waals surface area (Å²) in [6, 6.07) is 0. The van der Waals surface area contributed by atoms with Gasteiger partial charge in [0.15, 0.2) is 17.1 Å². The number of nitrogens with zero attached hydrogens (tertiary/aromatic N) is 8. The molecule has 0 unspecified atom stereocenters. The summed E-state index contributed by atoms with van der Waals surface area (Å²) in [5.74, 6) is 0.799. The molecule has 168 valence electrons. The minimum Gasteiger partial charge on any atom is -0.367 e. The van der Waals surface area contributed by atoms with Gasteiger partial charge in [-0.25, -0.2) is 24.9 Å². The molecule has 5 rings (SSSR count). The van der Waals surface area contributed by atoms with Gasteiger partial charge in [-0.15, -0.1) is 0 Å². The number of aromatic nitrogens is 8. The second-order valence-electron chi connectivity index (χ2n) is 7.79. The molecular formula is C19H21F3N10. The maximum atomic E-state index is 12.7. The first-order chi connectivity index (χ1) is 15.5. The number of rotatable bonds is 6. The Labute approximate surface area is 180 Å². The Kier molecular flexibility index (Phi) is 5.33. The van der Waals surface area contributed by atoms with Gasteiger partial charge < -0.3 is 14.8 Å². The average molecular weight is 446 g/mol. The molecule has 1 aliphatic rings. The molecule has 1 fully saturated rings. The van der Waals surface area contributed by atoms with Gasteiger partial charge in [0.1, 0.15) is 23.9 Å². The second-order valence-corrected chi connectivity index (χ2v) is 7.79. The topological polar surface area (TPSA) is 113 Å². The molecule has 5 heterocycles. The molecule has 2 N–H and O–H groups in total. The highest BCUT2D eigenvalue weighted by Gasteiger charge is 2.29. The third kappa shape index (κ3) is 4.20. The van der Waals surface area contributed by atoms with Crippen LogP contribution in [0.15, 0.2) is 25.0 Å². The summed E-state index contributed by atoms with van der Waals surface area (Å²) in [6.07, 6.45) is 3.33. The maximum Gasteiger partial charge on any atom is 0.406 e. The summed E-state index contributed by atoms with van der Waals surface area (Å²) in [5, 5.41) is 10.5. The van der Waals surface area contributed by atoms with E-state index in [0.717, 1.165) is 54.6 Å². The van der Waals surface area contributed by atoms with E-state index < -0.39 is 12.7 Å². The first-order valence-electron chi connectivity index (χ1n) is 10.3. The maximum absolute atomic E-state index is 12.7. The van der Waals surface area contributed by atoms with Crippen LogP contribution in [0.25, 0.3) is 22.3 Å². The van der Waals surface area contributed by atoms with Crippen molar-refractivity contribution >= 4 is 28.1 Å². The summed E-state index contributed by atoms with van der Waals surface area (Å²) >= 11 is 0. The van der Waals surface area contributed by atoms with Gasteiger partial charge in [0.25, 0.3) is 0 Å². The van der Waals surface area contributed by atoms with E-state index in [0.29, 0.717) is 29.4 Å². The molecule has 0 radical (unpaired) electrons. The fourth-order valence-electron chi connectivity index (χ4n) is 4.15. The van der Waals surface area contributed by atoms with Gasteiger partial charge in [-0.2, -0.15) is 18.3 Å². The SMILES string of the molecule is FC(F)(F)Cn1cnc2c(NCCN3CCC(c4[nH]nc5nccnc45)CC3)ncnc21. The molecule has 4 aromatic rings. The van der Waals surface area contributed by atoms with Crippen molar-refractivity contribution < 1.29 is 13.2 Å². The third-order valence-corrected chi connectivity index (χ3v) is 5.68. The number of hydrogen-bond donors (Lipinski definition) is 2. The highest BCUT2D eigenvalue weighted by molar-refractivity contribution is 5.82. The van der Waals surface area contributed by atoms with Crippen molar-refractivity contribution in [2.24, 2.45) is 0 Å². The molecule has 0 bridgehead atoms. The van der Waals surface area contributed by atoms with E-state index in [4.69, 9.17) is 0 Å². The van der Waals surface area contributed by atoms with Crippen LogP contribution < -0.4 is 5.32 Å². The molecule has 13 heteroatoms. The number of likely N-dealkylation sites (tertiary alicyclic amines) is 1. The van der Waals surface area contributed by atoms with Crippen LogP contribution in [0.2, 0.25) is 0 Å². The lowest BCUT2D eigenvalue weighted by molar-refractivity contribution is -0.140. The molecule has 0 aromatic carbocycles. The monoisotopic (exact) mass is 446 g/mol. The number of H-pyrrole nitrogens is 1. The smallest absolute Gasteiger partial charge is 0.367 e. The molecule has 0 saturated carbocycles. The van der Waals surface area contributed by atoms with Crippen LogP contribution in [0, 0.1) is 0 Å². The molecule has 1 saturated heterocycles. The van der Waals surface area contributed by atoms with Crippen LogP contribution in [0.3, 0.4) is 0 Å². The number of alkyl halides is 3. The molecule has 10 nitrogen and oxygen atoms in total. The largest absolute Gasteiger partial charge is 0.406 e. The van der Waals surface area contributed by atoms with Crippen molar-refractivity contribution in [2.75, 3.05) is 31.5 Å². The van der Waals surface area contributed by atoms with Gasteiger partial charge in [0.05, 0.1) is 12.0 Å². The van der Waals surface area contributed by atoms with Crippen LogP contribution in [0.1, 0.15) is 24.5 Å². The Morgan fingerprint density at radius 3 is 2.66 bits per heavy atom. The summed E-state index contributed by atoms with van der Waals surface area (Å²) < 4.78 is 39.2. The highest BCUT2D eigenvalue weighted by Crippen LogP contribution is 2.30. The Morgan fingerprint density at radius 1 is 1.03 bits per heavy atom. The van der Waals surface area contributed by atoms with Crippen molar-refractivity contribution in [3.05, 3.63) is 30.7 Å². The zero-order valence-electron chi connectivity index (χ0n) is 17.0. The van der Waals surface area contributed by atoms with Crippen molar-refractivity contribution in [1.29, 1.82) is 0 Å². The Balaban J connectivity index is 1.16. The van der Waals surface area contributed by atoms with E-state index in [1.807, 2.05) is 0 Å². The van der Waals surface area contributed by atoms with Crippen LogP contribution in [-0.2, 0) is 6.54 Å². The Bertz CT molecular complexity index is 1210. The van der Waals surface area contributed by atoms with Crippen molar-refractivity contribution in [3.8, 4) is 0 Å². The minimum absolute atomic E-state index is 0.163. The van der Waals surface area contributed by atoms with Gasteiger partial charge in [-0.3, -0.25) is 5.10 Å². The van der Waals surface area contributed by atoms with Crippen molar-refractivity contribution in [2.45, 2.75) is 31.5 Å². The van der Waals surface area contributed by atoms with Gasteiger partial charge in [0.2, 0.25) is 0 Å². The molecule has 1 aliphatic heterocycles. The normalized spacial score (nSPS) is 16.2. The lowest BCUT2D eigenvalue weighted by Crippen LogP contribution is -2.36. The fourth-order valence-corrected chi connectivity index (χ4v) is 4.15. The minimum atomic E-state index is -4.34. The quantitative estimate of drug-likeness (QED) is 0.464. The van der Waals surface area contributed by atoms with Crippen molar-refractivity contribution in [1.82, 2.24) is 44.6 Å². The van der Waals surface area contributed by atoms with E-state index in [-0.39, 0.29) is 5.65 Å². The van der Waals surface area contributed by atoms with Crippen LogP contribution in [-0.4, -0.2) is 76.9 Å². The van der Waals surface area contributed by atoms with Gasteiger partial charge in [-0.05, 0) is 25.9 Å². The van der Waals surface area contributed by atoms with E-state index in [1.165, 1.54) is 6.33 Å². The number of imidazole rings is 1. The predicted octanol–water partition coefficient (Wildman–Crippen LogP) is 2.35. The average Bonchev–Trinajstić information content (AvgIpc) is 3.38. The van der Waals surface area contributed by atoms with E-state index >= 15 is 0 Å². The standard InChI is InChI=1S/C19H21F3N10/c20-19(21,22)9-32-11-28-15-16(26-10-27-18(15)32)25-5-8-31-6-1-12(2-7-31)13-14-17(30-29-13)24-4-3-23-14/h3-4,10-12H,1-2,5-9H2,(H,24,29,30)(H,25,26,27). The summed E-state index contributed by atoms with van der Waals surface area (Å²) in [7, 11) is 0. The van der Waals surface area contributed by atoms with Crippen LogP contribution in [0.4, 0.5) is 19.0 Å². The number of halogens is 3. The zero-order valence-corrected chi connectivity index (χ0v) is 17.0. The van der Waals surface area contributed by atoms with E-state index in [2.05, 4.69) is 45.3 Å². The number of hydrogen-bond acceptors (Lipinski definition) is 8. The predicted molar refractivity (Wildman–Crippen MR) is 110 cm³/mol. The lowest BCUT2D eigenvalue weighted by Gasteiger charge is -2.31. The number of fused-ring (bicyclic) bond motifs is 2. The second kappa shape index (κ2) is 8.30. The molecule has 32 heavy (non-hydrogen) atoms. The number of anilines is 1.